The summed E-state index contributed by atoms with van der Waals surface area (Å²) in [5, 5.41) is 2.31. The van der Waals surface area contributed by atoms with Crippen molar-refractivity contribution in [2.45, 2.75) is 32.7 Å². The van der Waals surface area contributed by atoms with E-state index in [9.17, 15) is 4.79 Å². The number of hydrogen-bond donors (Lipinski definition) is 1. The number of carbonyl (C=O) groups excluding carboxylic acids is 1. The maximum atomic E-state index is 13.3. The Kier molecular flexibility index (Phi) is 7.97. The molecule has 0 spiro atoms. The van der Waals surface area contributed by atoms with Crippen LogP contribution in [0.1, 0.15) is 31.0 Å². The number of hydrogen-bond acceptors (Lipinski definition) is 4. The molecule has 30 heavy (non-hydrogen) atoms. The van der Waals surface area contributed by atoms with Crippen LogP contribution in [0.2, 0.25) is 0 Å². The van der Waals surface area contributed by atoms with Gasteiger partial charge in [-0.05, 0) is 41.8 Å². The van der Waals surface area contributed by atoms with Crippen molar-refractivity contribution in [3.63, 3.8) is 0 Å². The summed E-state index contributed by atoms with van der Waals surface area (Å²) in [6.45, 7) is 5.59. The van der Waals surface area contributed by atoms with Gasteiger partial charge in [0.05, 0.1) is 6.54 Å². The minimum atomic E-state index is -0.740. The molecule has 1 amide bonds. The quantitative estimate of drug-likeness (QED) is 0.511. The van der Waals surface area contributed by atoms with Gasteiger partial charge in [0.25, 0.3) is 0 Å². The highest BCUT2D eigenvalue weighted by Crippen LogP contribution is 2.20. The second kappa shape index (κ2) is 10.9. The Labute approximate surface area is 178 Å². The van der Waals surface area contributed by atoms with Crippen molar-refractivity contribution < 1.29 is 14.3 Å². The third kappa shape index (κ3) is 5.66. The molecule has 3 aromatic rings. The van der Waals surface area contributed by atoms with E-state index < -0.39 is 12.3 Å². The van der Waals surface area contributed by atoms with E-state index in [4.69, 9.17) is 15.2 Å². The topological polar surface area (TPSA) is 64.8 Å². The van der Waals surface area contributed by atoms with Crippen LogP contribution in [0.3, 0.4) is 0 Å². The Balaban J connectivity index is 1.86. The Hall–Kier alpha value is -2.73. The first-order chi connectivity index (χ1) is 14.6. The predicted molar refractivity (Wildman–Crippen MR) is 120 cm³/mol. The number of ether oxygens (including phenoxy) is 2. The maximum absolute atomic E-state index is 13.3. The lowest BCUT2D eigenvalue weighted by atomic mass is 10.0. The Morgan fingerprint density at radius 2 is 1.53 bits per heavy atom. The van der Waals surface area contributed by atoms with Crippen LogP contribution in [-0.4, -0.2) is 36.9 Å². The summed E-state index contributed by atoms with van der Waals surface area (Å²) < 4.78 is 11.4. The normalized spacial score (nSPS) is 12.3. The van der Waals surface area contributed by atoms with E-state index >= 15 is 0 Å². The molecule has 0 bridgehead atoms. The minimum absolute atomic E-state index is 0.154. The van der Waals surface area contributed by atoms with E-state index in [0.717, 1.165) is 16.5 Å². The van der Waals surface area contributed by atoms with Gasteiger partial charge in [0.2, 0.25) is 5.91 Å². The number of fused-ring (bicyclic) bond motifs is 1. The van der Waals surface area contributed by atoms with Crippen LogP contribution in [0, 0.1) is 0 Å². The molecule has 0 aliphatic carbocycles. The van der Waals surface area contributed by atoms with Crippen molar-refractivity contribution in [3.05, 3.63) is 83.9 Å². The molecule has 0 heterocycles. The highest BCUT2D eigenvalue weighted by molar-refractivity contribution is 5.84. The minimum Gasteiger partial charge on any atom is -0.351 e. The molecule has 5 nitrogen and oxygen atoms in total. The van der Waals surface area contributed by atoms with Gasteiger partial charge in [0.1, 0.15) is 6.04 Å². The van der Waals surface area contributed by atoms with Crippen molar-refractivity contribution in [1.82, 2.24) is 4.90 Å². The van der Waals surface area contributed by atoms with E-state index in [0.29, 0.717) is 26.3 Å². The van der Waals surface area contributed by atoms with Crippen LogP contribution in [0.25, 0.3) is 10.8 Å². The van der Waals surface area contributed by atoms with Gasteiger partial charge in [-0.3, -0.25) is 4.79 Å². The third-order valence-corrected chi connectivity index (χ3v) is 5.00. The van der Waals surface area contributed by atoms with Crippen molar-refractivity contribution in [2.24, 2.45) is 5.73 Å². The monoisotopic (exact) mass is 406 g/mol. The molecule has 2 N–H and O–H groups in total. The summed E-state index contributed by atoms with van der Waals surface area (Å²) in [4.78, 5) is 15.1. The van der Waals surface area contributed by atoms with Crippen LogP contribution in [-0.2, 0) is 20.8 Å². The summed E-state index contributed by atoms with van der Waals surface area (Å²) in [5.41, 5.74) is 8.16. The first-order valence-electron chi connectivity index (χ1n) is 10.4. The van der Waals surface area contributed by atoms with Crippen molar-refractivity contribution >= 4 is 16.7 Å². The number of nitrogens with zero attached hydrogens (tertiary/aromatic N) is 1. The Bertz CT molecular complexity index is 939. The third-order valence-electron chi connectivity index (χ3n) is 5.00. The number of rotatable bonds is 10. The first-order valence-corrected chi connectivity index (χ1v) is 10.4. The zero-order valence-corrected chi connectivity index (χ0v) is 17.7. The van der Waals surface area contributed by atoms with E-state index in [2.05, 4.69) is 24.3 Å². The molecule has 0 aliphatic heterocycles. The first kappa shape index (κ1) is 22.0. The second-order valence-corrected chi connectivity index (χ2v) is 7.13. The van der Waals surface area contributed by atoms with Gasteiger partial charge < -0.3 is 20.1 Å². The molecule has 158 valence electrons. The second-order valence-electron chi connectivity index (χ2n) is 7.13. The summed E-state index contributed by atoms with van der Waals surface area (Å²) in [5.74, 6) is -0.154. The van der Waals surface area contributed by atoms with Gasteiger partial charge in [0.15, 0.2) is 6.29 Å². The highest BCUT2D eigenvalue weighted by Gasteiger charge is 2.26. The summed E-state index contributed by atoms with van der Waals surface area (Å²) in [6, 6.07) is 23.1. The largest absolute Gasteiger partial charge is 0.351 e. The summed E-state index contributed by atoms with van der Waals surface area (Å²) >= 11 is 0. The standard InChI is InChI=1S/C25H30N2O3/c1-3-29-23(30-4-2)18-27(25(28)24(26)21-11-6-5-7-12-21)17-19-14-15-20-10-8-9-13-22(20)16-19/h5-16,23-24H,3-4,17-18,26H2,1-2H3. The van der Waals surface area contributed by atoms with E-state index in [1.165, 1.54) is 5.39 Å². The predicted octanol–water partition coefficient (Wildman–Crippen LogP) is 4.27. The summed E-state index contributed by atoms with van der Waals surface area (Å²) in [6.07, 6.45) is -0.493. The van der Waals surface area contributed by atoms with Crippen LogP contribution >= 0.6 is 0 Å². The van der Waals surface area contributed by atoms with Crippen molar-refractivity contribution in [1.29, 1.82) is 0 Å². The molecule has 0 saturated heterocycles. The molecule has 0 radical (unpaired) electrons. The molecule has 0 fully saturated rings. The summed E-state index contributed by atoms with van der Waals surface area (Å²) in [7, 11) is 0. The number of benzene rings is 3. The fourth-order valence-corrected chi connectivity index (χ4v) is 3.49. The molecule has 0 aliphatic rings. The number of amides is 1. The van der Waals surface area contributed by atoms with Crippen LogP contribution < -0.4 is 5.73 Å². The SMILES string of the molecule is CCOC(CN(Cc1ccc2ccccc2c1)C(=O)C(N)c1ccccc1)OCC. The van der Waals surface area contributed by atoms with Crippen LogP contribution in [0.4, 0.5) is 0 Å². The number of carbonyl (C=O) groups is 1. The molecule has 3 aromatic carbocycles. The highest BCUT2D eigenvalue weighted by atomic mass is 16.7. The van der Waals surface area contributed by atoms with Gasteiger partial charge >= 0.3 is 0 Å². The van der Waals surface area contributed by atoms with Gasteiger partial charge in [-0.1, -0.05) is 66.7 Å². The van der Waals surface area contributed by atoms with E-state index in [1.54, 1.807) is 4.90 Å². The lowest BCUT2D eigenvalue weighted by Crippen LogP contribution is -2.43. The van der Waals surface area contributed by atoms with Crippen molar-refractivity contribution in [2.75, 3.05) is 19.8 Å². The smallest absolute Gasteiger partial charge is 0.244 e. The molecule has 1 unspecified atom stereocenters. The number of nitrogens with two attached hydrogens (primary N) is 1. The molecule has 0 aromatic heterocycles. The van der Waals surface area contributed by atoms with Gasteiger partial charge in [0, 0.05) is 19.8 Å². The zero-order valence-electron chi connectivity index (χ0n) is 17.7. The Morgan fingerprint density at radius 3 is 2.20 bits per heavy atom. The van der Waals surface area contributed by atoms with Crippen LogP contribution in [0.15, 0.2) is 72.8 Å². The van der Waals surface area contributed by atoms with Crippen molar-refractivity contribution in [3.8, 4) is 0 Å². The molecular weight excluding hydrogens is 376 g/mol. The van der Waals surface area contributed by atoms with Gasteiger partial charge in [-0.2, -0.15) is 0 Å². The molecule has 5 heteroatoms. The lowest BCUT2D eigenvalue weighted by molar-refractivity contribution is -0.160. The molecular formula is C25H30N2O3. The zero-order chi connectivity index (χ0) is 21.3. The molecule has 3 rings (SSSR count). The Morgan fingerprint density at radius 1 is 0.900 bits per heavy atom. The lowest BCUT2D eigenvalue weighted by Gasteiger charge is -2.30. The van der Waals surface area contributed by atoms with E-state index in [1.807, 2.05) is 62.4 Å². The fraction of sp³-hybridized carbons (Fsp3) is 0.320. The molecule has 1 atom stereocenters. The molecule has 0 saturated carbocycles. The maximum Gasteiger partial charge on any atom is 0.244 e. The average molecular weight is 407 g/mol. The average Bonchev–Trinajstić information content (AvgIpc) is 2.78. The van der Waals surface area contributed by atoms with Gasteiger partial charge in [-0.15, -0.1) is 0 Å². The fourth-order valence-electron chi connectivity index (χ4n) is 3.49. The van der Waals surface area contributed by atoms with Crippen LogP contribution in [0.5, 0.6) is 0 Å². The van der Waals surface area contributed by atoms with Gasteiger partial charge in [-0.25, -0.2) is 0 Å². The van der Waals surface area contributed by atoms with E-state index in [-0.39, 0.29) is 5.91 Å².